The molecule has 1 amide bonds. The molecule has 4 nitrogen and oxygen atoms in total. The SMILES string of the molecule is Cc1ccnc(N2N=C(C(F)(F)F)CC2=O)c1. The Kier molecular flexibility index (Phi) is 2.60. The van der Waals surface area contributed by atoms with Crippen molar-refractivity contribution in [1.29, 1.82) is 0 Å². The molecule has 1 aromatic rings. The lowest BCUT2D eigenvalue weighted by Gasteiger charge is -2.10. The average molecular weight is 243 g/mol. The molecule has 0 aromatic carbocycles. The van der Waals surface area contributed by atoms with Crippen LogP contribution in [0.1, 0.15) is 12.0 Å². The number of nitrogens with zero attached hydrogens (tertiary/aromatic N) is 3. The Hall–Kier alpha value is -1.92. The molecule has 0 atom stereocenters. The van der Waals surface area contributed by atoms with Gasteiger partial charge in [0.15, 0.2) is 11.5 Å². The Bertz CT molecular complexity index is 496. The van der Waals surface area contributed by atoms with Crippen molar-refractivity contribution in [3.05, 3.63) is 23.9 Å². The second-order valence-electron chi connectivity index (χ2n) is 3.62. The van der Waals surface area contributed by atoms with Crippen LogP contribution in [0, 0.1) is 6.92 Å². The average Bonchev–Trinajstić information content (AvgIpc) is 2.60. The third-order valence-electron chi connectivity index (χ3n) is 2.22. The maximum Gasteiger partial charge on any atom is 0.431 e. The zero-order chi connectivity index (χ0) is 12.6. The summed E-state index contributed by atoms with van der Waals surface area (Å²) in [4.78, 5) is 15.2. The van der Waals surface area contributed by atoms with Crippen molar-refractivity contribution in [3.63, 3.8) is 0 Å². The molecule has 0 N–H and O–H groups in total. The molecule has 0 unspecified atom stereocenters. The maximum absolute atomic E-state index is 12.4. The summed E-state index contributed by atoms with van der Waals surface area (Å²) in [6.07, 6.45) is -3.90. The van der Waals surface area contributed by atoms with Crippen LogP contribution in [-0.4, -0.2) is 22.8 Å². The van der Waals surface area contributed by atoms with Crippen molar-refractivity contribution in [2.24, 2.45) is 5.10 Å². The van der Waals surface area contributed by atoms with Crippen molar-refractivity contribution in [2.75, 3.05) is 5.01 Å². The van der Waals surface area contributed by atoms with Gasteiger partial charge in [0.2, 0.25) is 0 Å². The van der Waals surface area contributed by atoms with E-state index in [-0.39, 0.29) is 5.82 Å². The highest BCUT2D eigenvalue weighted by atomic mass is 19.4. The summed E-state index contributed by atoms with van der Waals surface area (Å²) in [7, 11) is 0. The first-order chi connectivity index (χ1) is 7.88. The molecular weight excluding hydrogens is 235 g/mol. The number of anilines is 1. The number of rotatable bonds is 1. The van der Waals surface area contributed by atoms with Gasteiger partial charge in [-0.1, -0.05) is 0 Å². The molecule has 1 aliphatic heterocycles. The number of hydrogen-bond acceptors (Lipinski definition) is 3. The third-order valence-corrected chi connectivity index (χ3v) is 2.22. The largest absolute Gasteiger partial charge is 0.431 e. The fraction of sp³-hybridized carbons (Fsp3) is 0.300. The van der Waals surface area contributed by atoms with E-state index in [2.05, 4.69) is 10.1 Å². The lowest BCUT2D eigenvalue weighted by Crippen LogP contribution is -2.22. The van der Waals surface area contributed by atoms with Crippen LogP contribution in [-0.2, 0) is 4.79 Å². The molecule has 1 aliphatic rings. The predicted octanol–water partition coefficient (Wildman–Crippen LogP) is 2.05. The first-order valence-electron chi connectivity index (χ1n) is 4.78. The Morgan fingerprint density at radius 3 is 2.65 bits per heavy atom. The molecule has 0 aliphatic carbocycles. The second-order valence-corrected chi connectivity index (χ2v) is 3.62. The van der Waals surface area contributed by atoms with Crippen LogP contribution in [0.25, 0.3) is 0 Å². The van der Waals surface area contributed by atoms with Gasteiger partial charge in [-0.25, -0.2) is 4.98 Å². The lowest BCUT2D eigenvalue weighted by molar-refractivity contribution is -0.117. The van der Waals surface area contributed by atoms with Crippen molar-refractivity contribution >= 4 is 17.4 Å². The summed E-state index contributed by atoms with van der Waals surface area (Å²) in [5.74, 6) is -0.621. The zero-order valence-corrected chi connectivity index (χ0v) is 8.82. The Morgan fingerprint density at radius 2 is 2.12 bits per heavy atom. The molecule has 2 heterocycles. The van der Waals surface area contributed by atoms with E-state index in [1.54, 1.807) is 13.0 Å². The molecule has 7 heteroatoms. The molecule has 0 saturated heterocycles. The van der Waals surface area contributed by atoms with Crippen molar-refractivity contribution < 1.29 is 18.0 Å². The summed E-state index contributed by atoms with van der Waals surface area (Å²) in [6, 6.07) is 3.18. The minimum atomic E-state index is -4.58. The predicted molar refractivity (Wildman–Crippen MR) is 54.6 cm³/mol. The monoisotopic (exact) mass is 243 g/mol. The quantitative estimate of drug-likeness (QED) is 0.757. The van der Waals surface area contributed by atoms with E-state index in [1.807, 2.05) is 0 Å². The van der Waals surface area contributed by atoms with E-state index < -0.39 is 24.2 Å². The fourth-order valence-electron chi connectivity index (χ4n) is 1.40. The highest BCUT2D eigenvalue weighted by Gasteiger charge is 2.43. The minimum Gasteiger partial charge on any atom is -0.272 e. The van der Waals surface area contributed by atoms with Gasteiger partial charge in [0.05, 0.1) is 6.42 Å². The molecule has 0 saturated carbocycles. The normalized spacial score (nSPS) is 16.4. The van der Waals surface area contributed by atoms with E-state index >= 15 is 0 Å². The van der Waals surface area contributed by atoms with Crippen molar-refractivity contribution in [1.82, 2.24) is 4.98 Å². The summed E-state index contributed by atoms with van der Waals surface area (Å²) < 4.78 is 37.1. The van der Waals surface area contributed by atoms with Crippen LogP contribution in [0.15, 0.2) is 23.4 Å². The highest BCUT2D eigenvalue weighted by molar-refractivity contribution is 6.14. The van der Waals surface area contributed by atoms with Crippen LogP contribution < -0.4 is 5.01 Å². The number of pyridine rings is 1. The van der Waals surface area contributed by atoms with E-state index in [0.29, 0.717) is 5.01 Å². The molecule has 0 bridgehead atoms. The second kappa shape index (κ2) is 3.83. The van der Waals surface area contributed by atoms with Gasteiger partial charge in [-0.15, -0.1) is 0 Å². The number of hydrogen-bond donors (Lipinski definition) is 0. The number of halogens is 3. The molecule has 17 heavy (non-hydrogen) atoms. The number of alkyl halides is 3. The Morgan fingerprint density at radius 1 is 1.41 bits per heavy atom. The van der Waals surface area contributed by atoms with Gasteiger partial charge < -0.3 is 0 Å². The van der Waals surface area contributed by atoms with Crippen LogP contribution in [0.2, 0.25) is 0 Å². The van der Waals surface area contributed by atoms with Crippen LogP contribution in [0.3, 0.4) is 0 Å². The van der Waals surface area contributed by atoms with Gasteiger partial charge in [0.25, 0.3) is 5.91 Å². The molecule has 90 valence electrons. The van der Waals surface area contributed by atoms with Crippen LogP contribution in [0.4, 0.5) is 19.0 Å². The minimum absolute atomic E-state index is 0.106. The number of amides is 1. The standard InChI is InChI=1S/C10H8F3N3O/c1-6-2-3-14-8(4-6)16-9(17)5-7(15-16)10(11,12)13/h2-4H,5H2,1H3. The number of aryl methyl sites for hydroxylation is 1. The molecule has 1 aromatic heterocycles. The van der Waals surface area contributed by atoms with Gasteiger partial charge in [-0.3, -0.25) is 4.79 Å². The number of carbonyl (C=O) groups is 1. The van der Waals surface area contributed by atoms with Gasteiger partial charge in [0, 0.05) is 6.20 Å². The Labute approximate surface area is 94.8 Å². The van der Waals surface area contributed by atoms with Gasteiger partial charge in [0.1, 0.15) is 0 Å². The number of carbonyl (C=O) groups excluding carboxylic acids is 1. The van der Waals surface area contributed by atoms with E-state index in [4.69, 9.17) is 0 Å². The summed E-state index contributed by atoms with van der Waals surface area (Å²) in [6.45, 7) is 1.75. The smallest absolute Gasteiger partial charge is 0.272 e. The zero-order valence-electron chi connectivity index (χ0n) is 8.82. The third kappa shape index (κ3) is 2.27. The van der Waals surface area contributed by atoms with Gasteiger partial charge in [-0.05, 0) is 24.6 Å². The molecule has 2 rings (SSSR count). The summed E-state index contributed by atoms with van der Waals surface area (Å²) >= 11 is 0. The first-order valence-corrected chi connectivity index (χ1v) is 4.78. The molecule has 0 spiro atoms. The summed E-state index contributed by atoms with van der Waals surface area (Å²) in [5, 5.41) is 3.95. The molecule has 0 radical (unpaired) electrons. The van der Waals surface area contributed by atoms with Crippen LogP contribution >= 0.6 is 0 Å². The lowest BCUT2D eigenvalue weighted by atomic mass is 10.2. The van der Waals surface area contributed by atoms with Gasteiger partial charge in [-0.2, -0.15) is 23.3 Å². The maximum atomic E-state index is 12.4. The topological polar surface area (TPSA) is 45.6 Å². The fourth-order valence-corrected chi connectivity index (χ4v) is 1.40. The van der Waals surface area contributed by atoms with E-state index in [9.17, 15) is 18.0 Å². The molecule has 0 fully saturated rings. The number of hydrazone groups is 1. The first kappa shape index (κ1) is 11.6. The van der Waals surface area contributed by atoms with E-state index in [0.717, 1.165) is 5.56 Å². The Balaban J connectivity index is 2.34. The van der Waals surface area contributed by atoms with Crippen molar-refractivity contribution in [3.8, 4) is 0 Å². The summed E-state index contributed by atoms with van der Waals surface area (Å²) in [5.41, 5.74) is -0.302. The van der Waals surface area contributed by atoms with Gasteiger partial charge >= 0.3 is 6.18 Å². The highest BCUT2D eigenvalue weighted by Crippen LogP contribution is 2.27. The van der Waals surface area contributed by atoms with Crippen molar-refractivity contribution in [2.45, 2.75) is 19.5 Å². The molecular formula is C10H8F3N3O. The van der Waals surface area contributed by atoms with Crippen LogP contribution in [0.5, 0.6) is 0 Å². The van der Waals surface area contributed by atoms with E-state index in [1.165, 1.54) is 12.3 Å². The number of aromatic nitrogens is 1.